The Morgan fingerprint density at radius 2 is 2.05 bits per heavy atom. The second-order valence-corrected chi connectivity index (χ2v) is 6.14. The van der Waals surface area contributed by atoms with E-state index in [-0.39, 0.29) is 23.9 Å². The number of ether oxygens (including phenoxy) is 2. The van der Waals surface area contributed by atoms with Crippen LogP contribution in [0.1, 0.15) is 47.0 Å². The van der Waals surface area contributed by atoms with Gasteiger partial charge in [-0.2, -0.15) is 0 Å². The highest BCUT2D eigenvalue weighted by Gasteiger charge is 2.30. The normalized spacial score (nSPS) is 21.6. The van der Waals surface area contributed by atoms with Gasteiger partial charge < -0.3 is 14.8 Å². The van der Waals surface area contributed by atoms with Crippen LogP contribution >= 0.6 is 0 Å². The zero-order valence-corrected chi connectivity index (χ0v) is 12.3. The summed E-state index contributed by atoms with van der Waals surface area (Å²) in [5.74, 6) is -0.0710. The van der Waals surface area contributed by atoms with Gasteiger partial charge in [-0.3, -0.25) is 4.79 Å². The maximum Gasteiger partial charge on any atom is 0.407 e. The van der Waals surface area contributed by atoms with Gasteiger partial charge in [-0.25, -0.2) is 4.79 Å². The second kappa shape index (κ2) is 6.89. The predicted molar refractivity (Wildman–Crippen MR) is 72.0 cm³/mol. The molecule has 1 fully saturated rings. The average Bonchev–Trinajstić information content (AvgIpc) is 2.33. The number of rotatable bonds is 4. The van der Waals surface area contributed by atoms with E-state index in [9.17, 15) is 9.59 Å². The quantitative estimate of drug-likeness (QED) is 0.852. The van der Waals surface area contributed by atoms with Gasteiger partial charge >= 0.3 is 6.09 Å². The third kappa shape index (κ3) is 5.59. The van der Waals surface area contributed by atoms with Gasteiger partial charge in [0, 0.05) is 6.61 Å². The summed E-state index contributed by atoms with van der Waals surface area (Å²) in [6.45, 7) is 8.17. The van der Waals surface area contributed by atoms with Gasteiger partial charge in [-0.1, -0.05) is 20.8 Å². The summed E-state index contributed by atoms with van der Waals surface area (Å²) in [4.78, 5) is 23.2. The van der Waals surface area contributed by atoms with E-state index >= 15 is 0 Å². The van der Waals surface area contributed by atoms with Crippen LogP contribution in [0.4, 0.5) is 4.79 Å². The molecule has 0 aromatic carbocycles. The maximum absolute atomic E-state index is 11.7. The van der Waals surface area contributed by atoms with Crippen LogP contribution in [0.2, 0.25) is 0 Å². The number of hydrogen-bond acceptors (Lipinski definition) is 4. The van der Waals surface area contributed by atoms with Crippen molar-refractivity contribution in [1.82, 2.24) is 5.32 Å². The fraction of sp³-hybridized carbons (Fsp3) is 0.857. The number of nitrogens with one attached hydrogen (secondary N) is 1. The Kier molecular flexibility index (Phi) is 5.79. The Morgan fingerprint density at radius 3 is 2.53 bits per heavy atom. The van der Waals surface area contributed by atoms with Crippen LogP contribution in [-0.2, 0) is 14.3 Å². The lowest BCUT2D eigenvalue weighted by atomic mass is 9.85. The molecule has 1 amide bonds. The fourth-order valence-corrected chi connectivity index (χ4v) is 2.19. The first-order valence-corrected chi connectivity index (χ1v) is 6.86. The van der Waals surface area contributed by atoms with E-state index in [1.807, 2.05) is 20.8 Å². The Morgan fingerprint density at radius 1 is 1.37 bits per heavy atom. The third-order valence-electron chi connectivity index (χ3n) is 3.21. The monoisotopic (exact) mass is 271 g/mol. The van der Waals surface area contributed by atoms with Gasteiger partial charge in [-0.15, -0.1) is 0 Å². The number of amides is 1. The molecule has 0 spiro atoms. The highest BCUT2D eigenvalue weighted by Crippen LogP contribution is 2.20. The van der Waals surface area contributed by atoms with Crippen molar-refractivity contribution in [3.05, 3.63) is 0 Å². The van der Waals surface area contributed by atoms with Crippen LogP contribution in [-0.4, -0.2) is 37.2 Å². The van der Waals surface area contributed by atoms with Crippen molar-refractivity contribution in [3.8, 4) is 0 Å². The molecule has 2 unspecified atom stereocenters. The standard InChI is InChI=1S/C14H25NO4/c1-10(16)12(14(2,3)4)15-13(17)19-9-11-7-5-6-8-18-11/h11-12H,5-9H2,1-4H3,(H,15,17). The Labute approximate surface area is 115 Å². The Hall–Kier alpha value is -1.10. The van der Waals surface area contributed by atoms with E-state index in [1.165, 1.54) is 6.92 Å². The van der Waals surface area contributed by atoms with Crippen LogP contribution in [0.3, 0.4) is 0 Å². The minimum absolute atomic E-state index is 0.00934. The topological polar surface area (TPSA) is 64.6 Å². The molecule has 0 radical (unpaired) electrons. The molecule has 0 aromatic rings. The molecule has 1 saturated heterocycles. The molecule has 2 atom stereocenters. The Balaban J connectivity index is 2.38. The summed E-state index contributed by atoms with van der Waals surface area (Å²) in [5, 5.41) is 2.63. The lowest BCUT2D eigenvalue weighted by Crippen LogP contribution is -2.48. The molecule has 19 heavy (non-hydrogen) atoms. The minimum Gasteiger partial charge on any atom is -0.447 e. The summed E-state index contributed by atoms with van der Waals surface area (Å²) < 4.78 is 10.6. The minimum atomic E-state index is -0.552. The van der Waals surface area contributed by atoms with E-state index in [4.69, 9.17) is 9.47 Å². The fourth-order valence-electron chi connectivity index (χ4n) is 2.19. The van der Waals surface area contributed by atoms with Gasteiger partial charge in [0.1, 0.15) is 6.61 Å². The summed E-state index contributed by atoms with van der Waals surface area (Å²) in [6.07, 6.45) is 2.53. The number of Topliss-reactive ketones (excluding diaryl/α,β-unsaturated/α-hetero) is 1. The molecule has 0 aliphatic carbocycles. The highest BCUT2D eigenvalue weighted by molar-refractivity contribution is 5.86. The smallest absolute Gasteiger partial charge is 0.407 e. The lowest BCUT2D eigenvalue weighted by molar-refractivity contribution is -0.121. The third-order valence-corrected chi connectivity index (χ3v) is 3.21. The zero-order valence-electron chi connectivity index (χ0n) is 12.3. The van der Waals surface area contributed by atoms with Crippen LogP contribution in [0, 0.1) is 5.41 Å². The highest BCUT2D eigenvalue weighted by atomic mass is 16.6. The van der Waals surface area contributed by atoms with Crippen LogP contribution < -0.4 is 5.32 Å². The van der Waals surface area contributed by atoms with Crippen LogP contribution in [0.25, 0.3) is 0 Å². The molecule has 0 aromatic heterocycles. The first kappa shape index (κ1) is 16.0. The van der Waals surface area contributed by atoms with E-state index in [1.54, 1.807) is 0 Å². The molecule has 0 bridgehead atoms. The molecular weight excluding hydrogens is 246 g/mol. The van der Waals surface area contributed by atoms with Gasteiger partial charge in [0.2, 0.25) is 0 Å². The van der Waals surface area contributed by atoms with E-state index in [0.29, 0.717) is 0 Å². The van der Waals surface area contributed by atoms with Crippen molar-refractivity contribution in [1.29, 1.82) is 0 Å². The van der Waals surface area contributed by atoms with Crippen LogP contribution in [0.5, 0.6) is 0 Å². The largest absolute Gasteiger partial charge is 0.447 e. The lowest BCUT2D eigenvalue weighted by Gasteiger charge is -2.29. The van der Waals surface area contributed by atoms with E-state index < -0.39 is 12.1 Å². The summed E-state index contributed by atoms with van der Waals surface area (Å²) in [5.41, 5.74) is -0.327. The number of ketones is 1. The van der Waals surface area contributed by atoms with E-state index in [2.05, 4.69) is 5.32 Å². The molecule has 1 heterocycles. The maximum atomic E-state index is 11.7. The van der Waals surface area contributed by atoms with Gasteiger partial charge in [0.25, 0.3) is 0 Å². The van der Waals surface area contributed by atoms with Crippen molar-refractivity contribution >= 4 is 11.9 Å². The summed E-state index contributed by atoms with van der Waals surface area (Å²) in [7, 11) is 0. The molecule has 1 aliphatic heterocycles. The summed E-state index contributed by atoms with van der Waals surface area (Å²) in [6, 6.07) is -0.535. The van der Waals surface area contributed by atoms with E-state index in [0.717, 1.165) is 25.9 Å². The molecule has 1 aliphatic rings. The molecule has 1 rings (SSSR count). The number of carbonyl (C=O) groups is 2. The molecule has 110 valence electrons. The van der Waals surface area contributed by atoms with Crippen molar-refractivity contribution < 1.29 is 19.1 Å². The molecular formula is C14H25NO4. The number of alkyl carbamates (subject to hydrolysis) is 1. The van der Waals surface area contributed by atoms with Crippen molar-refractivity contribution in [3.63, 3.8) is 0 Å². The van der Waals surface area contributed by atoms with Gasteiger partial charge in [0.05, 0.1) is 12.1 Å². The van der Waals surface area contributed by atoms with Gasteiger partial charge in [0.15, 0.2) is 5.78 Å². The molecule has 5 nitrogen and oxygen atoms in total. The second-order valence-electron chi connectivity index (χ2n) is 6.14. The SMILES string of the molecule is CC(=O)C(NC(=O)OCC1CCCCO1)C(C)(C)C. The zero-order chi connectivity index (χ0) is 14.5. The number of carbonyl (C=O) groups excluding carboxylic acids is 2. The van der Waals surface area contributed by atoms with Crippen molar-refractivity contribution in [2.45, 2.75) is 59.1 Å². The first-order valence-electron chi connectivity index (χ1n) is 6.86. The average molecular weight is 271 g/mol. The van der Waals surface area contributed by atoms with Crippen LogP contribution in [0.15, 0.2) is 0 Å². The number of hydrogen-bond donors (Lipinski definition) is 1. The van der Waals surface area contributed by atoms with Gasteiger partial charge in [-0.05, 0) is 31.6 Å². The van der Waals surface area contributed by atoms with Crippen molar-refractivity contribution in [2.24, 2.45) is 5.41 Å². The molecule has 5 heteroatoms. The van der Waals surface area contributed by atoms with Crippen molar-refractivity contribution in [2.75, 3.05) is 13.2 Å². The summed E-state index contributed by atoms with van der Waals surface area (Å²) >= 11 is 0. The first-order chi connectivity index (χ1) is 8.80. The Bertz CT molecular complexity index is 316. The molecule has 1 N–H and O–H groups in total. The predicted octanol–water partition coefficient (Wildman–Crippen LogP) is 2.29. The molecule has 0 saturated carbocycles.